The first-order chi connectivity index (χ1) is 7.17. The SMILES string of the molecule is CCC(CCN)NC(=O)c1coc(C)c1. The Labute approximate surface area is 89.8 Å². The minimum atomic E-state index is -0.0906. The number of nitrogens with two attached hydrogens (primary N) is 1. The lowest BCUT2D eigenvalue weighted by atomic mass is 10.1. The van der Waals surface area contributed by atoms with Crippen LogP contribution in [-0.4, -0.2) is 18.5 Å². The molecule has 4 heteroatoms. The van der Waals surface area contributed by atoms with Gasteiger partial charge >= 0.3 is 0 Å². The first-order valence-electron chi connectivity index (χ1n) is 5.23. The number of aryl methyl sites for hydroxylation is 1. The highest BCUT2D eigenvalue weighted by Crippen LogP contribution is 2.07. The molecule has 0 fully saturated rings. The van der Waals surface area contributed by atoms with Crippen LogP contribution < -0.4 is 11.1 Å². The van der Waals surface area contributed by atoms with E-state index in [1.165, 1.54) is 6.26 Å². The van der Waals surface area contributed by atoms with E-state index in [1.807, 2.05) is 13.8 Å². The van der Waals surface area contributed by atoms with Gasteiger partial charge in [-0.05, 0) is 32.4 Å². The van der Waals surface area contributed by atoms with Gasteiger partial charge in [-0.2, -0.15) is 0 Å². The summed E-state index contributed by atoms with van der Waals surface area (Å²) >= 11 is 0. The lowest BCUT2D eigenvalue weighted by Gasteiger charge is -2.14. The van der Waals surface area contributed by atoms with Crippen LogP contribution in [0.4, 0.5) is 0 Å². The van der Waals surface area contributed by atoms with E-state index in [2.05, 4.69) is 5.32 Å². The molecule has 0 saturated heterocycles. The van der Waals surface area contributed by atoms with Crippen LogP contribution in [0.3, 0.4) is 0 Å². The molecule has 1 aromatic rings. The van der Waals surface area contributed by atoms with Crippen molar-refractivity contribution >= 4 is 5.91 Å². The molecule has 1 aromatic heterocycles. The predicted octanol–water partition coefficient (Wildman–Crippen LogP) is 1.45. The highest BCUT2D eigenvalue weighted by Gasteiger charge is 2.12. The van der Waals surface area contributed by atoms with Crippen LogP contribution in [0.25, 0.3) is 0 Å². The fourth-order valence-corrected chi connectivity index (χ4v) is 1.41. The Balaban J connectivity index is 2.54. The van der Waals surface area contributed by atoms with Crippen molar-refractivity contribution in [2.24, 2.45) is 5.73 Å². The Kier molecular flexibility index (Phi) is 4.37. The number of nitrogens with one attached hydrogen (secondary N) is 1. The standard InChI is InChI=1S/C11H18N2O2/c1-3-10(4-5-12)13-11(14)9-6-8(2)15-7-9/h6-7,10H,3-5,12H2,1-2H3,(H,13,14). The summed E-state index contributed by atoms with van der Waals surface area (Å²) in [5, 5.41) is 2.92. The van der Waals surface area contributed by atoms with Gasteiger partial charge in [-0.15, -0.1) is 0 Å². The fraction of sp³-hybridized carbons (Fsp3) is 0.545. The molecule has 1 unspecified atom stereocenters. The number of hydrogen-bond donors (Lipinski definition) is 2. The quantitative estimate of drug-likeness (QED) is 0.772. The smallest absolute Gasteiger partial charge is 0.254 e. The lowest BCUT2D eigenvalue weighted by molar-refractivity contribution is 0.0934. The number of furan rings is 1. The van der Waals surface area contributed by atoms with E-state index in [-0.39, 0.29) is 11.9 Å². The molecule has 1 heterocycles. The van der Waals surface area contributed by atoms with Crippen LogP contribution in [0.2, 0.25) is 0 Å². The molecule has 0 radical (unpaired) electrons. The van der Waals surface area contributed by atoms with E-state index >= 15 is 0 Å². The first kappa shape index (κ1) is 11.8. The maximum absolute atomic E-state index is 11.7. The summed E-state index contributed by atoms with van der Waals surface area (Å²) in [6, 6.07) is 1.88. The minimum absolute atomic E-state index is 0.0906. The van der Waals surface area contributed by atoms with Crippen molar-refractivity contribution in [1.82, 2.24) is 5.32 Å². The Bertz CT molecular complexity index is 320. The highest BCUT2D eigenvalue weighted by molar-refractivity contribution is 5.94. The van der Waals surface area contributed by atoms with E-state index < -0.39 is 0 Å². The highest BCUT2D eigenvalue weighted by atomic mass is 16.3. The van der Waals surface area contributed by atoms with Crippen molar-refractivity contribution in [1.29, 1.82) is 0 Å². The second-order valence-corrected chi connectivity index (χ2v) is 3.60. The number of rotatable bonds is 5. The maximum Gasteiger partial charge on any atom is 0.254 e. The first-order valence-corrected chi connectivity index (χ1v) is 5.23. The molecule has 3 N–H and O–H groups in total. The van der Waals surface area contributed by atoms with Crippen molar-refractivity contribution in [2.45, 2.75) is 32.7 Å². The minimum Gasteiger partial charge on any atom is -0.469 e. The molecule has 0 saturated carbocycles. The summed E-state index contributed by atoms with van der Waals surface area (Å²) in [7, 11) is 0. The third-order valence-corrected chi connectivity index (χ3v) is 2.34. The van der Waals surface area contributed by atoms with Gasteiger partial charge in [0, 0.05) is 6.04 Å². The van der Waals surface area contributed by atoms with Crippen molar-refractivity contribution in [2.75, 3.05) is 6.54 Å². The zero-order chi connectivity index (χ0) is 11.3. The van der Waals surface area contributed by atoms with Gasteiger partial charge in [0.25, 0.3) is 5.91 Å². The van der Waals surface area contributed by atoms with E-state index in [0.29, 0.717) is 12.1 Å². The molecule has 0 aliphatic heterocycles. The second kappa shape index (κ2) is 5.56. The zero-order valence-corrected chi connectivity index (χ0v) is 9.25. The Morgan fingerprint density at radius 3 is 2.87 bits per heavy atom. The molecular weight excluding hydrogens is 192 g/mol. The van der Waals surface area contributed by atoms with Gasteiger partial charge in [0.05, 0.1) is 5.56 Å². The van der Waals surface area contributed by atoms with Crippen LogP contribution in [-0.2, 0) is 0 Å². The van der Waals surface area contributed by atoms with Crippen molar-refractivity contribution in [3.8, 4) is 0 Å². The molecular formula is C11H18N2O2. The third kappa shape index (κ3) is 3.40. The van der Waals surface area contributed by atoms with Crippen LogP contribution in [0.5, 0.6) is 0 Å². The summed E-state index contributed by atoms with van der Waals surface area (Å²) in [4.78, 5) is 11.7. The molecule has 0 aliphatic carbocycles. The average Bonchev–Trinajstić information content (AvgIpc) is 2.64. The Morgan fingerprint density at radius 2 is 2.40 bits per heavy atom. The van der Waals surface area contributed by atoms with Crippen molar-refractivity contribution in [3.05, 3.63) is 23.7 Å². The summed E-state index contributed by atoms with van der Waals surface area (Å²) in [5.74, 6) is 0.652. The molecule has 15 heavy (non-hydrogen) atoms. The Morgan fingerprint density at radius 1 is 1.67 bits per heavy atom. The van der Waals surface area contributed by atoms with Gasteiger partial charge in [-0.3, -0.25) is 4.79 Å². The molecule has 0 spiro atoms. The van der Waals surface area contributed by atoms with Gasteiger partial charge in [0.1, 0.15) is 12.0 Å². The second-order valence-electron chi connectivity index (χ2n) is 3.60. The lowest BCUT2D eigenvalue weighted by Crippen LogP contribution is -2.35. The molecule has 4 nitrogen and oxygen atoms in total. The number of amides is 1. The summed E-state index contributed by atoms with van der Waals surface area (Å²) in [6.45, 7) is 4.43. The summed E-state index contributed by atoms with van der Waals surface area (Å²) in [6.07, 6.45) is 3.17. The van der Waals surface area contributed by atoms with Gasteiger partial charge in [-0.1, -0.05) is 6.92 Å². The molecule has 1 amide bonds. The fourth-order valence-electron chi connectivity index (χ4n) is 1.41. The molecule has 0 aromatic carbocycles. The van der Waals surface area contributed by atoms with E-state index in [0.717, 1.165) is 18.6 Å². The third-order valence-electron chi connectivity index (χ3n) is 2.34. The molecule has 84 valence electrons. The van der Waals surface area contributed by atoms with Gasteiger partial charge in [0.2, 0.25) is 0 Å². The van der Waals surface area contributed by atoms with Gasteiger partial charge in [0.15, 0.2) is 0 Å². The van der Waals surface area contributed by atoms with E-state index in [9.17, 15) is 4.79 Å². The van der Waals surface area contributed by atoms with E-state index in [4.69, 9.17) is 10.2 Å². The zero-order valence-electron chi connectivity index (χ0n) is 9.25. The average molecular weight is 210 g/mol. The molecule has 1 rings (SSSR count). The van der Waals surface area contributed by atoms with Gasteiger partial charge in [-0.25, -0.2) is 0 Å². The number of carbonyl (C=O) groups is 1. The van der Waals surface area contributed by atoms with Crippen LogP contribution in [0.15, 0.2) is 16.7 Å². The number of carbonyl (C=O) groups excluding carboxylic acids is 1. The van der Waals surface area contributed by atoms with Crippen LogP contribution >= 0.6 is 0 Å². The monoisotopic (exact) mass is 210 g/mol. The predicted molar refractivity (Wildman–Crippen MR) is 58.7 cm³/mol. The number of hydrogen-bond acceptors (Lipinski definition) is 3. The van der Waals surface area contributed by atoms with Crippen molar-refractivity contribution < 1.29 is 9.21 Å². The van der Waals surface area contributed by atoms with Crippen LogP contribution in [0.1, 0.15) is 35.9 Å². The van der Waals surface area contributed by atoms with Crippen molar-refractivity contribution in [3.63, 3.8) is 0 Å². The molecule has 0 bridgehead atoms. The van der Waals surface area contributed by atoms with E-state index in [1.54, 1.807) is 6.07 Å². The summed E-state index contributed by atoms with van der Waals surface area (Å²) in [5.41, 5.74) is 6.03. The summed E-state index contributed by atoms with van der Waals surface area (Å²) < 4.78 is 5.08. The van der Waals surface area contributed by atoms with Crippen LogP contribution in [0, 0.1) is 6.92 Å². The normalized spacial score (nSPS) is 12.5. The topological polar surface area (TPSA) is 68.3 Å². The molecule has 1 atom stereocenters. The van der Waals surface area contributed by atoms with Gasteiger partial charge < -0.3 is 15.5 Å². The Hall–Kier alpha value is -1.29. The molecule has 0 aliphatic rings. The maximum atomic E-state index is 11.7. The largest absolute Gasteiger partial charge is 0.469 e.